The Morgan fingerprint density at radius 3 is 2.90 bits per heavy atom. The molecule has 6 heteroatoms. The summed E-state index contributed by atoms with van der Waals surface area (Å²) in [5.41, 5.74) is 0.991. The lowest BCUT2D eigenvalue weighted by atomic mass is 10.0. The fraction of sp³-hybridized carbons (Fsp3) is 0.333. The van der Waals surface area contributed by atoms with Crippen molar-refractivity contribution in [2.45, 2.75) is 18.5 Å². The summed E-state index contributed by atoms with van der Waals surface area (Å²) in [5.74, 6) is 0. The molecule has 0 aromatic carbocycles. The Labute approximate surface area is 133 Å². The molecule has 2 unspecified atom stereocenters. The number of nitrogens with one attached hydrogen (secondary N) is 1. The van der Waals surface area contributed by atoms with E-state index >= 15 is 0 Å². The normalized spacial score (nSPS) is 21.6. The third kappa shape index (κ3) is 2.92. The summed E-state index contributed by atoms with van der Waals surface area (Å²) in [5, 5.41) is 15.3. The van der Waals surface area contributed by atoms with Crippen molar-refractivity contribution in [2.75, 3.05) is 13.2 Å². The zero-order valence-electron chi connectivity index (χ0n) is 11.5. The van der Waals surface area contributed by atoms with Gasteiger partial charge in [0.2, 0.25) is 0 Å². The number of hydrogen-bond donors (Lipinski definition) is 2. The molecule has 1 saturated heterocycles. The van der Waals surface area contributed by atoms with E-state index in [0.717, 1.165) is 17.4 Å². The fourth-order valence-electron chi connectivity index (χ4n) is 2.66. The number of nitrogens with zero attached hydrogens (tertiary/aromatic N) is 2. The molecule has 2 atom stereocenters. The van der Waals surface area contributed by atoms with E-state index in [4.69, 9.17) is 17.3 Å². The van der Waals surface area contributed by atoms with Crippen LogP contribution in [0.3, 0.4) is 0 Å². The Kier molecular flexibility index (Phi) is 4.48. The molecule has 110 valence electrons. The second-order valence-corrected chi connectivity index (χ2v) is 6.28. The van der Waals surface area contributed by atoms with Gasteiger partial charge in [-0.1, -0.05) is 12.1 Å². The first-order valence-electron chi connectivity index (χ1n) is 6.93. The van der Waals surface area contributed by atoms with Crippen molar-refractivity contribution in [3.05, 3.63) is 52.5 Å². The SMILES string of the molecule is OCCCN1C(=S)NC(c2ccccn2)C1c1cccs1. The molecule has 2 N–H and O–H groups in total. The Morgan fingerprint density at radius 2 is 2.24 bits per heavy atom. The van der Waals surface area contributed by atoms with Crippen LogP contribution in [-0.2, 0) is 0 Å². The Hall–Kier alpha value is -1.50. The van der Waals surface area contributed by atoms with Gasteiger partial charge in [-0.05, 0) is 42.2 Å². The van der Waals surface area contributed by atoms with Gasteiger partial charge in [-0.2, -0.15) is 0 Å². The maximum absolute atomic E-state index is 9.11. The van der Waals surface area contributed by atoms with Gasteiger partial charge in [0, 0.05) is 24.2 Å². The lowest BCUT2D eigenvalue weighted by Crippen LogP contribution is -2.30. The van der Waals surface area contributed by atoms with Gasteiger partial charge in [-0.25, -0.2) is 0 Å². The molecule has 0 spiro atoms. The molecule has 3 heterocycles. The standard InChI is InChI=1S/C15H17N3OS2/c19-9-4-8-18-14(12-6-3-10-21-12)13(17-15(18)20)11-5-1-2-7-16-11/h1-3,5-7,10,13-14,19H,4,8-9H2,(H,17,20). The first-order chi connectivity index (χ1) is 10.3. The molecule has 0 amide bonds. The lowest BCUT2D eigenvalue weighted by molar-refractivity contribution is 0.249. The van der Waals surface area contributed by atoms with Gasteiger partial charge in [0.25, 0.3) is 0 Å². The number of aliphatic hydroxyl groups excluding tert-OH is 1. The first-order valence-corrected chi connectivity index (χ1v) is 8.22. The topological polar surface area (TPSA) is 48.4 Å². The van der Waals surface area contributed by atoms with Crippen molar-refractivity contribution in [3.8, 4) is 0 Å². The van der Waals surface area contributed by atoms with Crippen molar-refractivity contribution in [2.24, 2.45) is 0 Å². The summed E-state index contributed by atoms with van der Waals surface area (Å²) < 4.78 is 0. The van der Waals surface area contributed by atoms with E-state index in [2.05, 4.69) is 32.7 Å². The molecule has 2 aromatic heterocycles. The predicted molar refractivity (Wildman–Crippen MR) is 88.2 cm³/mol. The van der Waals surface area contributed by atoms with E-state index in [-0.39, 0.29) is 18.7 Å². The van der Waals surface area contributed by atoms with E-state index in [1.165, 1.54) is 4.88 Å². The van der Waals surface area contributed by atoms with Crippen LogP contribution in [0.4, 0.5) is 0 Å². The van der Waals surface area contributed by atoms with Gasteiger partial charge >= 0.3 is 0 Å². The number of aromatic nitrogens is 1. The molecule has 0 saturated carbocycles. The van der Waals surface area contributed by atoms with Crippen LogP contribution in [0.1, 0.15) is 29.1 Å². The highest BCUT2D eigenvalue weighted by Crippen LogP contribution is 2.40. The van der Waals surface area contributed by atoms with E-state index in [1.807, 2.05) is 24.4 Å². The third-order valence-corrected chi connectivity index (χ3v) is 4.88. The summed E-state index contributed by atoms with van der Waals surface area (Å²) in [4.78, 5) is 7.90. The Bertz CT molecular complexity index is 588. The van der Waals surface area contributed by atoms with E-state index in [0.29, 0.717) is 6.42 Å². The van der Waals surface area contributed by atoms with Crippen LogP contribution < -0.4 is 5.32 Å². The van der Waals surface area contributed by atoms with Gasteiger partial charge < -0.3 is 15.3 Å². The van der Waals surface area contributed by atoms with Crippen LogP contribution in [-0.4, -0.2) is 33.3 Å². The second-order valence-electron chi connectivity index (χ2n) is 4.91. The van der Waals surface area contributed by atoms with Crippen LogP contribution in [0.2, 0.25) is 0 Å². The second kappa shape index (κ2) is 6.51. The molecule has 0 bridgehead atoms. The van der Waals surface area contributed by atoms with Crippen LogP contribution >= 0.6 is 23.6 Å². The molecule has 1 aliphatic rings. The number of pyridine rings is 1. The summed E-state index contributed by atoms with van der Waals surface area (Å²) >= 11 is 7.22. The first kappa shape index (κ1) is 14.4. The van der Waals surface area contributed by atoms with E-state index < -0.39 is 0 Å². The maximum atomic E-state index is 9.11. The molecule has 0 aliphatic carbocycles. The van der Waals surface area contributed by atoms with E-state index in [1.54, 1.807) is 11.3 Å². The van der Waals surface area contributed by atoms with Crippen LogP contribution in [0.25, 0.3) is 0 Å². The largest absolute Gasteiger partial charge is 0.396 e. The highest BCUT2D eigenvalue weighted by atomic mass is 32.1. The predicted octanol–water partition coefficient (Wildman–Crippen LogP) is 2.50. The number of rotatable bonds is 5. The molecule has 1 aliphatic heterocycles. The van der Waals surface area contributed by atoms with Crippen LogP contribution in [0, 0.1) is 0 Å². The van der Waals surface area contributed by atoms with Crippen molar-refractivity contribution < 1.29 is 5.11 Å². The minimum absolute atomic E-state index is 0.0519. The third-order valence-electron chi connectivity index (χ3n) is 3.59. The van der Waals surface area contributed by atoms with Gasteiger partial charge in [0.15, 0.2) is 5.11 Å². The molecule has 1 fully saturated rings. The van der Waals surface area contributed by atoms with Gasteiger partial charge in [0.05, 0.1) is 17.8 Å². The minimum Gasteiger partial charge on any atom is -0.396 e. The monoisotopic (exact) mass is 319 g/mol. The van der Waals surface area contributed by atoms with Crippen LogP contribution in [0.15, 0.2) is 41.9 Å². The number of thiocarbonyl (C=S) groups is 1. The highest BCUT2D eigenvalue weighted by Gasteiger charge is 2.39. The number of hydrogen-bond acceptors (Lipinski definition) is 4. The highest BCUT2D eigenvalue weighted by molar-refractivity contribution is 7.80. The van der Waals surface area contributed by atoms with Gasteiger partial charge in [-0.3, -0.25) is 4.98 Å². The average Bonchev–Trinajstić information content (AvgIpc) is 3.13. The zero-order chi connectivity index (χ0) is 14.7. The molecule has 4 nitrogen and oxygen atoms in total. The van der Waals surface area contributed by atoms with Crippen molar-refractivity contribution in [3.63, 3.8) is 0 Å². The molecule has 21 heavy (non-hydrogen) atoms. The van der Waals surface area contributed by atoms with Crippen molar-refractivity contribution in [1.82, 2.24) is 15.2 Å². The summed E-state index contributed by atoms with van der Waals surface area (Å²) in [6.45, 7) is 0.915. The number of thiophene rings is 1. The lowest BCUT2D eigenvalue weighted by Gasteiger charge is -2.26. The van der Waals surface area contributed by atoms with Gasteiger partial charge in [0.1, 0.15) is 0 Å². The maximum Gasteiger partial charge on any atom is 0.170 e. The minimum atomic E-state index is 0.0519. The molecule has 2 aromatic rings. The summed E-state index contributed by atoms with van der Waals surface area (Å²) in [7, 11) is 0. The molecule has 3 rings (SSSR count). The Balaban J connectivity index is 1.94. The smallest absolute Gasteiger partial charge is 0.170 e. The van der Waals surface area contributed by atoms with Crippen molar-refractivity contribution >= 4 is 28.7 Å². The van der Waals surface area contributed by atoms with Crippen molar-refractivity contribution in [1.29, 1.82) is 0 Å². The fourth-order valence-corrected chi connectivity index (χ4v) is 3.86. The molecular formula is C15H17N3OS2. The molecule has 0 radical (unpaired) electrons. The van der Waals surface area contributed by atoms with E-state index in [9.17, 15) is 0 Å². The number of aliphatic hydroxyl groups is 1. The average molecular weight is 319 g/mol. The zero-order valence-corrected chi connectivity index (χ0v) is 13.1. The quantitative estimate of drug-likeness (QED) is 0.829. The summed E-state index contributed by atoms with van der Waals surface area (Å²) in [6.07, 6.45) is 2.51. The van der Waals surface area contributed by atoms with Gasteiger partial charge in [-0.15, -0.1) is 11.3 Å². The summed E-state index contributed by atoms with van der Waals surface area (Å²) in [6, 6.07) is 10.3. The molecular weight excluding hydrogens is 302 g/mol. The Morgan fingerprint density at radius 1 is 1.33 bits per heavy atom. The van der Waals surface area contributed by atoms with Crippen LogP contribution in [0.5, 0.6) is 0 Å².